The van der Waals surface area contributed by atoms with Crippen molar-refractivity contribution in [3.05, 3.63) is 0 Å². The Morgan fingerprint density at radius 3 is 2.45 bits per heavy atom. The molecule has 0 unspecified atom stereocenters. The van der Waals surface area contributed by atoms with Crippen LogP contribution in [0.4, 0.5) is 0 Å². The van der Waals surface area contributed by atoms with Gasteiger partial charge in [0.1, 0.15) is 0 Å². The summed E-state index contributed by atoms with van der Waals surface area (Å²) in [4.78, 5) is 25.0. The second kappa shape index (κ2) is 9.34. The average molecular weight is 411 g/mol. The number of ether oxygens (including phenoxy) is 1. The summed E-state index contributed by atoms with van der Waals surface area (Å²) in [6.45, 7) is 12.7. The van der Waals surface area contributed by atoms with Gasteiger partial charge in [-0.15, -0.1) is 0 Å². The molecule has 168 valence electrons. The van der Waals surface area contributed by atoms with Crippen molar-refractivity contribution in [3.63, 3.8) is 0 Å². The van der Waals surface area contributed by atoms with Gasteiger partial charge in [0, 0.05) is 31.0 Å². The molecule has 2 aliphatic carbocycles. The van der Waals surface area contributed by atoms with E-state index in [2.05, 4.69) is 24.5 Å². The molecule has 6 heteroatoms. The lowest BCUT2D eigenvalue weighted by Crippen LogP contribution is -2.59. The third-order valence-electron chi connectivity index (χ3n) is 7.32. The van der Waals surface area contributed by atoms with Gasteiger partial charge in [-0.05, 0) is 69.6 Å². The van der Waals surface area contributed by atoms with Crippen molar-refractivity contribution in [3.8, 4) is 0 Å². The molecular formula is C23H42N2O4. The minimum atomic E-state index is -0.539. The van der Waals surface area contributed by atoms with Crippen LogP contribution in [-0.2, 0) is 14.3 Å². The van der Waals surface area contributed by atoms with Crippen LogP contribution in [0.1, 0.15) is 73.6 Å². The quantitative estimate of drug-likeness (QED) is 0.628. The van der Waals surface area contributed by atoms with Crippen molar-refractivity contribution >= 4 is 11.8 Å². The molecular weight excluding hydrogens is 368 g/mol. The van der Waals surface area contributed by atoms with Gasteiger partial charge in [-0.3, -0.25) is 9.59 Å². The lowest BCUT2D eigenvalue weighted by atomic mass is 9.51. The van der Waals surface area contributed by atoms with Crippen molar-refractivity contribution in [1.82, 2.24) is 10.6 Å². The third kappa shape index (κ3) is 5.72. The summed E-state index contributed by atoms with van der Waals surface area (Å²) in [5.41, 5.74) is -0.224. The Kier molecular flexibility index (Phi) is 7.77. The number of aliphatic hydroxyl groups excluding tert-OH is 1. The number of methoxy groups -OCH3 is 1. The standard InChI is InChI=1S/C23H42N2O4/c1-14(21(28)25-22(3,4)5)16-8-11-23(6)12-9-17(15(2)19(23)20(16)27)24-18(26)10-13-29-7/h14-17,19-20,27H,8-13H2,1-7H3,(H,24,26)(H,25,28)/t14-,15+,16-,17-,19+,20-,23-/m0/s1. The van der Waals surface area contributed by atoms with Crippen LogP contribution in [0.5, 0.6) is 0 Å². The number of hydrogen-bond acceptors (Lipinski definition) is 4. The van der Waals surface area contributed by atoms with Gasteiger partial charge in [0.15, 0.2) is 0 Å². The Morgan fingerprint density at radius 1 is 1.24 bits per heavy atom. The number of nitrogens with one attached hydrogen (secondary N) is 2. The van der Waals surface area contributed by atoms with Crippen LogP contribution in [0.3, 0.4) is 0 Å². The highest BCUT2D eigenvalue weighted by Crippen LogP contribution is 2.55. The summed E-state index contributed by atoms with van der Waals surface area (Å²) in [5, 5.41) is 17.6. The third-order valence-corrected chi connectivity index (χ3v) is 7.32. The number of rotatable bonds is 6. The van der Waals surface area contributed by atoms with Crippen LogP contribution >= 0.6 is 0 Å². The molecule has 29 heavy (non-hydrogen) atoms. The fourth-order valence-electron chi connectivity index (χ4n) is 5.65. The first kappa shape index (κ1) is 24.1. The monoisotopic (exact) mass is 410 g/mol. The normalized spacial score (nSPS) is 36.1. The number of fused-ring (bicyclic) bond motifs is 1. The van der Waals surface area contributed by atoms with Gasteiger partial charge in [0.25, 0.3) is 0 Å². The molecule has 2 amide bonds. The molecule has 0 aromatic rings. The summed E-state index contributed by atoms with van der Waals surface area (Å²) in [6.07, 6.45) is 3.62. The molecule has 2 saturated carbocycles. The minimum Gasteiger partial charge on any atom is -0.392 e. The first-order valence-electron chi connectivity index (χ1n) is 11.2. The maximum absolute atomic E-state index is 12.7. The lowest BCUT2D eigenvalue weighted by molar-refractivity contribution is -0.144. The number of carbonyl (C=O) groups is 2. The van der Waals surface area contributed by atoms with Crippen LogP contribution in [0.2, 0.25) is 0 Å². The van der Waals surface area contributed by atoms with Gasteiger partial charge in [-0.1, -0.05) is 20.8 Å². The van der Waals surface area contributed by atoms with Crippen molar-refractivity contribution in [2.24, 2.45) is 29.1 Å². The van der Waals surface area contributed by atoms with E-state index in [9.17, 15) is 14.7 Å². The topological polar surface area (TPSA) is 87.7 Å². The van der Waals surface area contributed by atoms with Gasteiger partial charge >= 0.3 is 0 Å². The first-order chi connectivity index (χ1) is 13.4. The van der Waals surface area contributed by atoms with Gasteiger partial charge in [-0.25, -0.2) is 0 Å². The molecule has 0 bridgehead atoms. The minimum absolute atomic E-state index is 0.00655. The summed E-state index contributed by atoms with van der Waals surface area (Å²) >= 11 is 0. The van der Waals surface area contributed by atoms with E-state index in [4.69, 9.17) is 4.74 Å². The molecule has 0 aliphatic heterocycles. The van der Waals surface area contributed by atoms with Crippen molar-refractivity contribution in [2.45, 2.75) is 91.3 Å². The van der Waals surface area contributed by atoms with Gasteiger partial charge in [0.2, 0.25) is 11.8 Å². The van der Waals surface area contributed by atoms with E-state index in [0.717, 1.165) is 25.7 Å². The largest absolute Gasteiger partial charge is 0.392 e. The molecule has 7 atom stereocenters. The van der Waals surface area contributed by atoms with Gasteiger partial charge < -0.3 is 20.5 Å². The molecule has 2 fully saturated rings. The van der Waals surface area contributed by atoms with E-state index < -0.39 is 6.10 Å². The molecule has 0 heterocycles. The van der Waals surface area contributed by atoms with Crippen LogP contribution in [0, 0.1) is 29.1 Å². The second-order valence-electron chi connectivity index (χ2n) is 10.7. The average Bonchev–Trinajstić information content (AvgIpc) is 2.60. The molecule has 6 nitrogen and oxygen atoms in total. The Bertz CT molecular complexity index is 588. The number of amides is 2. The Balaban J connectivity index is 2.11. The molecule has 0 radical (unpaired) electrons. The van der Waals surface area contributed by atoms with E-state index in [1.807, 2.05) is 27.7 Å². The van der Waals surface area contributed by atoms with Crippen LogP contribution in [0.15, 0.2) is 0 Å². The van der Waals surface area contributed by atoms with Crippen molar-refractivity contribution in [2.75, 3.05) is 13.7 Å². The molecule has 3 N–H and O–H groups in total. The molecule has 2 rings (SSSR count). The number of aliphatic hydroxyl groups is 1. The van der Waals surface area contributed by atoms with E-state index in [1.165, 1.54) is 0 Å². The van der Waals surface area contributed by atoms with Crippen LogP contribution < -0.4 is 10.6 Å². The van der Waals surface area contributed by atoms with Crippen LogP contribution in [0.25, 0.3) is 0 Å². The Morgan fingerprint density at radius 2 is 1.86 bits per heavy atom. The summed E-state index contributed by atoms with van der Waals surface area (Å²) in [5.74, 6) is -0.0351. The lowest BCUT2D eigenvalue weighted by Gasteiger charge is -2.56. The summed E-state index contributed by atoms with van der Waals surface area (Å²) in [7, 11) is 1.59. The van der Waals surface area contributed by atoms with Crippen molar-refractivity contribution < 1.29 is 19.4 Å². The molecule has 0 saturated heterocycles. The summed E-state index contributed by atoms with van der Waals surface area (Å²) < 4.78 is 5.01. The fourth-order valence-corrected chi connectivity index (χ4v) is 5.65. The maximum Gasteiger partial charge on any atom is 0.223 e. The molecule has 0 aromatic heterocycles. The molecule has 2 aliphatic rings. The second-order valence-corrected chi connectivity index (χ2v) is 10.7. The highest BCUT2D eigenvalue weighted by Gasteiger charge is 2.53. The Labute approximate surface area is 176 Å². The van der Waals surface area contributed by atoms with Crippen molar-refractivity contribution in [1.29, 1.82) is 0 Å². The smallest absolute Gasteiger partial charge is 0.223 e. The van der Waals surface area contributed by atoms with E-state index >= 15 is 0 Å². The number of hydrogen-bond donors (Lipinski definition) is 3. The Hall–Kier alpha value is -1.14. The number of carbonyl (C=O) groups excluding carboxylic acids is 2. The zero-order chi connectivity index (χ0) is 22.0. The van der Waals surface area contributed by atoms with Gasteiger partial charge in [0.05, 0.1) is 12.7 Å². The zero-order valence-corrected chi connectivity index (χ0v) is 19.4. The molecule has 0 aromatic carbocycles. The van der Waals surface area contributed by atoms with E-state index in [-0.39, 0.29) is 52.5 Å². The fraction of sp³-hybridized carbons (Fsp3) is 0.913. The summed E-state index contributed by atoms with van der Waals surface area (Å²) in [6, 6.07) is 0.0598. The SMILES string of the molecule is COCCC(=O)N[C@H]1CC[C@]2(C)CC[C@@H]([C@H](C)C(=O)NC(C)(C)C)[C@H](O)[C@H]2[C@@H]1C. The van der Waals surface area contributed by atoms with Crippen LogP contribution in [-0.4, -0.2) is 48.3 Å². The molecule has 0 spiro atoms. The zero-order valence-electron chi connectivity index (χ0n) is 19.4. The highest BCUT2D eigenvalue weighted by molar-refractivity contribution is 5.79. The first-order valence-corrected chi connectivity index (χ1v) is 11.2. The predicted octanol–water partition coefficient (Wildman–Crippen LogP) is 2.88. The van der Waals surface area contributed by atoms with E-state index in [1.54, 1.807) is 7.11 Å². The maximum atomic E-state index is 12.7. The predicted molar refractivity (Wildman–Crippen MR) is 114 cm³/mol. The van der Waals surface area contributed by atoms with Gasteiger partial charge in [-0.2, -0.15) is 0 Å². The highest BCUT2D eigenvalue weighted by atomic mass is 16.5. The van der Waals surface area contributed by atoms with E-state index in [0.29, 0.717) is 13.0 Å².